The van der Waals surface area contributed by atoms with Crippen LogP contribution in [-0.2, 0) is 0 Å². The van der Waals surface area contributed by atoms with Crippen molar-refractivity contribution in [3.8, 4) is 5.75 Å². The Labute approximate surface area is 205 Å². The summed E-state index contributed by atoms with van der Waals surface area (Å²) in [5.74, 6) is 0.979. The number of hydrogen-bond acceptors (Lipinski definition) is 2. The highest BCUT2D eigenvalue weighted by molar-refractivity contribution is 5.94. The number of amides is 1. The summed E-state index contributed by atoms with van der Waals surface area (Å²) in [4.78, 5) is 15.3. The van der Waals surface area contributed by atoms with Gasteiger partial charge in [-0.15, -0.1) is 0 Å². The molecule has 0 saturated heterocycles. The molecule has 0 aliphatic carbocycles. The van der Waals surface area contributed by atoms with Crippen molar-refractivity contribution < 1.29 is 9.53 Å². The van der Waals surface area contributed by atoms with E-state index in [2.05, 4.69) is 18.7 Å². The van der Waals surface area contributed by atoms with E-state index in [4.69, 9.17) is 4.74 Å². The number of unbranched alkanes of at least 4 members (excludes halogenated alkanes) is 16. The van der Waals surface area contributed by atoms with E-state index in [-0.39, 0.29) is 5.91 Å². The maximum Gasteiger partial charge on any atom is 0.253 e. The molecule has 1 aromatic rings. The van der Waals surface area contributed by atoms with Crippen LogP contribution >= 0.6 is 0 Å². The highest BCUT2D eigenvalue weighted by atomic mass is 16.5. The van der Waals surface area contributed by atoms with Crippen molar-refractivity contribution >= 4 is 5.91 Å². The lowest BCUT2D eigenvalue weighted by Crippen LogP contribution is -2.33. The number of carbonyl (C=O) groups is 1. The molecule has 0 saturated carbocycles. The van der Waals surface area contributed by atoms with Crippen LogP contribution in [0.2, 0.25) is 0 Å². The molecular weight excluding hydrogens is 406 g/mol. The van der Waals surface area contributed by atoms with Crippen molar-refractivity contribution in [1.29, 1.82) is 0 Å². The lowest BCUT2D eigenvalue weighted by molar-refractivity contribution is 0.0749. The summed E-state index contributed by atoms with van der Waals surface area (Å²) in [5.41, 5.74) is 0.780. The molecule has 0 bridgehead atoms. The van der Waals surface area contributed by atoms with Gasteiger partial charge in [-0.3, -0.25) is 4.79 Å². The fourth-order valence-corrected chi connectivity index (χ4v) is 4.46. The average Bonchev–Trinajstić information content (AvgIpc) is 2.85. The maximum absolute atomic E-state index is 13.2. The molecule has 0 aliphatic rings. The predicted octanol–water partition coefficient (Wildman–Crippen LogP) is 9.20. The van der Waals surface area contributed by atoms with E-state index < -0.39 is 0 Å². The zero-order valence-corrected chi connectivity index (χ0v) is 22.2. The molecule has 0 spiro atoms. The van der Waals surface area contributed by atoms with Crippen LogP contribution in [0.5, 0.6) is 5.75 Å². The first kappa shape index (κ1) is 29.5. The number of ether oxygens (including phenoxy) is 1. The van der Waals surface area contributed by atoms with E-state index in [0.717, 1.165) is 37.2 Å². The highest BCUT2D eigenvalue weighted by Gasteiger charge is 2.15. The first-order valence-corrected chi connectivity index (χ1v) is 14.2. The average molecular weight is 460 g/mol. The molecule has 0 atom stereocenters. The molecule has 3 nitrogen and oxygen atoms in total. The summed E-state index contributed by atoms with van der Waals surface area (Å²) in [7, 11) is 1.66. The monoisotopic (exact) mass is 459 g/mol. The van der Waals surface area contributed by atoms with Gasteiger partial charge < -0.3 is 9.64 Å². The second-order valence-electron chi connectivity index (χ2n) is 9.68. The van der Waals surface area contributed by atoms with Crippen molar-refractivity contribution in [3.63, 3.8) is 0 Å². The Morgan fingerprint density at radius 1 is 0.606 bits per heavy atom. The molecule has 0 N–H and O–H groups in total. The minimum atomic E-state index is 0.178. The lowest BCUT2D eigenvalue weighted by atomic mass is 10.1. The molecule has 0 fully saturated rings. The maximum atomic E-state index is 13.2. The largest absolute Gasteiger partial charge is 0.497 e. The van der Waals surface area contributed by atoms with Gasteiger partial charge in [-0.1, -0.05) is 117 Å². The van der Waals surface area contributed by atoms with Gasteiger partial charge in [0.15, 0.2) is 0 Å². The van der Waals surface area contributed by atoms with Gasteiger partial charge in [0.25, 0.3) is 5.91 Å². The summed E-state index contributed by atoms with van der Waals surface area (Å²) < 4.78 is 5.25. The fraction of sp³-hybridized carbons (Fsp3) is 0.767. The minimum Gasteiger partial charge on any atom is -0.497 e. The van der Waals surface area contributed by atoms with Crippen molar-refractivity contribution in [1.82, 2.24) is 4.90 Å². The van der Waals surface area contributed by atoms with E-state index in [1.54, 1.807) is 7.11 Å². The zero-order valence-electron chi connectivity index (χ0n) is 22.2. The third-order valence-electron chi connectivity index (χ3n) is 6.69. The lowest BCUT2D eigenvalue weighted by Gasteiger charge is -2.23. The summed E-state index contributed by atoms with van der Waals surface area (Å²) in [6.07, 6.45) is 23.7. The molecule has 1 aromatic carbocycles. The second kappa shape index (κ2) is 21.1. The Morgan fingerprint density at radius 2 is 0.970 bits per heavy atom. The molecule has 0 aliphatic heterocycles. The van der Waals surface area contributed by atoms with Crippen molar-refractivity contribution in [3.05, 3.63) is 29.8 Å². The van der Waals surface area contributed by atoms with Crippen LogP contribution in [0.25, 0.3) is 0 Å². The molecule has 190 valence electrons. The zero-order chi connectivity index (χ0) is 24.0. The summed E-state index contributed by atoms with van der Waals surface area (Å²) in [5, 5.41) is 0. The minimum absolute atomic E-state index is 0.178. The van der Waals surface area contributed by atoms with Gasteiger partial charge in [-0.2, -0.15) is 0 Å². The van der Waals surface area contributed by atoms with Gasteiger partial charge in [-0.05, 0) is 37.1 Å². The number of benzene rings is 1. The Bertz CT molecular complexity index is 547. The van der Waals surface area contributed by atoms with Gasteiger partial charge in [0.2, 0.25) is 0 Å². The quantitative estimate of drug-likeness (QED) is 0.162. The van der Waals surface area contributed by atoms with Crippen LogP contribution in [0.1, 0.15) is 140 Å². The topological polar surface area (TPSA) is 29.5 Å². The third kappa shape index (κ3) is 15.1. The number of hydrogen-bond donors (Lipinski definition) is 0. The number of nitrogens with zero attached hydrogens (tertiary/aromatic N) is 1. The summed E-state index contributed by atoms with van der Waals surface area (Å²) >= 11 is 0. The van der Waals surface area contributed by atoms with Crippen molar-refractivity contribution in [2.24, 2.45) is 0 Å². The Morgan fingerprint density at radius 3 is 1.33 bits per heavy atom. The molecule has 3 heteroatoms. The van der Waals surface area contributed by atoms with Crippen molar-refractivity contribution in [2.75, 3.05) is 20.2 Å². The Kier molecular flexibility index (Phi) is 18.8. The van der Waals surface area contributed by atoms with Gasteiger partial charge in [0, 0.05) is 18.7 Å². The first-order valence-electron chi connectivity index (χ1n) is 14.2. The number of carbonyl (C=O) groups excluding carboxylic acids is 1. The van der Waals surface area contributed by atoms with Crippen LogP contribution in [0.4, 0.5) is 0 Å². The molecule has 0 aromatic heterocycles. The van der Waals surface area contributed by atoms with Gasteiger partial charge >= 0.3 is 0 Å². The van der Waals surface area contributed by atoms with Gasteiger partial charge in [0.05, 0.1) is 7.11 Å². The van der Waals surface area contributed by atoms with Crippen LogP contribution in [0.15, 0.2) is 24.3 Å². The van der Waals surface area contributed by atoms with E-state index in [9.17, 15) is 4.79 Å². The van der Waals surface area contributed by atoms with Gasteiger partial charge in [-0.25, -0.2) is 0 Å². The standard InChI is InChI=1S/C30H53NO2/c1-4-6-8-10-12-14-16-18-20-26-31(27-21-19-17-15-13-11-9-7-5-2)30(32)28-22-24-29(33-3)25-23-28/h22-25H,4-21,26-27H2,1-3H3. The summed E-state index contributed by atoms with van der Waals surface area (Å²) in [6.45, 7) is 6.32. The molecule has 1 amide bonds. The molecule has 0 radical (unpaired) electrons. The molecule has 0 heterocycles. The summed E-state index contributed by atoms with van der Waals surface area (Å²) in [6, 6.07) is 7.59. The SMILES string of the molecule is CCCCCCCCCCCN(CCCCCCCCCCC)C(=O)c1ccc(OC)cc1. The van der Waals surface area contributed by atoms with Crippen LogP contribution in [0.3, 0.4) is 0 Å². The van der Waals surface area contributed by atoms with E-state index in [1.165, 1.54) is 103 Å². The van der Waals surface area contributed by atoms with Crippen LogP contribution < -0.4 is 4.74 Å². The van der Waals surface area contributed by atoms with E-state index >= 15 is 0 Å². The molecule has 33 heavy (non-hydrogen) atoms. The molecule has 1 rings (SSSR count). The fourth-order valence-electron chi connectivity index (χ4n) is 4.46. The number of rotatable bonds is 22. The Hall–Kier alpha value is -1.51. The van der Waals surface area contributed by atoms with Gasteiger partial charge in [0.1, 0.15) is 5.75 Å². The molecular formula is C30H53NO2. The van der Waals surface area contributed by atoms with Crippen LogP contribution in [0, 0.1) is 0 Å². The van der Waals surface area contributed by atoms with Crippen molar-refractivity contribution in [2.45, 2.75) is 129 Å². The van der Waals surface area contributed by atoms with Crippen LogP contribution in [-0.4, -0.2) is 31.0 Å². The predicted molar refractivity (Wildman–Crippen MR) is 143 cm³/mol. The first-order chi connectivity index (χ1) is 16.2. The normalized spacial score (nSPS) is 11.0. The van der Waals surface area contributed by atoms with E-state index in [0.29, 0.717) is 0 Å². The third-order valence-corrected chi connectivity index (χ3v) is 6.69. The molecule has 0 unspecified atom stereocenters. The Balaban J connectivity index is 2.36. The second-order valence-corrected chi connectivity index (χ2v) is 9.68. The highest BCUT2D eigenvalue weighted by Crippen LogP contribution is 2.16. The number of methoxy groups -OCH3 is 1. The van der Waals surface area contributed by atoms with E-state index in [1.807, 2.05) is 24.3 Å². The smallest absolute Gasteiger partial charge is 0.253 e.